The Bertz CT molecular complexity index is 839. The number of hydrogen-bond acceptors (Lipinski definition) is 8. The third-order valence-corrected chi connectivity index (χ3v) is 6.46. The van der Waals surface area contributed by atoms with Crippen LogP contribution in [-0.4, -0.2) is 23.1 Å². The minimum absolute atomic E-state index is 0.303. The molecule has 9 heteroatoms. The summed E-state index contributed by atoms with van der Waals surface area (Å²) in [5, 5.41) is 10.1. The van der Waals surface area contributed by atoms with Gasteiger partial charge in [-0.3, -0.25) is 10.1 Å². The molecule has 144 valence electrons. The molecule has 0 atom stereocenters. The highest BCUT2D eigenvalue weighted by atomic mass is 32.2. The molecule has 0 saturated heterocycles. The lowest BCUT2D eigenvalue weighted by molar-refractivity contribution is 0.669. The highest BCUT2D eigenvalue weighted by Crippen LogP contribution is 2.39. The molecular weight excluding hydrogens is 378 g/mol. The Hall–Kier alpha value is -1.78. The Morgan fingerprint density at radius 2 is 2.00 bits per heavy atom. The van der Waals surface area contributed by atoms with Gasteiger partial charge in [0.25, 0.3) is 0 Å². The lowest BCUT2D eigenvalue weighted by Gasteiger charge is -2.22. The minimum atomic E-state index is 0.303. The van der Waals surface area contributed by atoms with Crippen LogP contribution in [0.1, 0.15) is 29.7 Å². The van der Waals surface area contributed by atoms with Crippen LogP contribution in [0, 0.1) is 0 Å². The number of nitrogens with one attached hydrogen (secondary N) is 1. The van der Waals surface area contributed by atoms with E-state index in [-0.39, 0.29) is 0 Å². The lowest BCUT2D eigenvalue weighted by Crippen LogP contribution is -2.24. The van der Waals surface area contributed by atoms with E-state index in [1.54, 1.807) is 11.8 Å². The summed E-state index contributed by atoms with van der Waals surface area (Å²) in [4.78, 5) is 6.49. The summed E-state index contributed by atoms with van der Waals surface area (Å²) in [6, 6.07) is 6.20. The molecule has 1 aliphatic carbocycles. The number of hydrazine groups is 1. The van der Waals surface area contributed by atoms with E-state index in [9.17, 15) is 0 Å². The van der Waals surface area contributed by atoms with Crippen molar-refractivity contribution >= 4 is 29.5 Å². The number of nitrogens with zero attached hydrogens (tertiary/aromatic N) is 2. The van der Waals surface area contributed by atoms with Gasteiger partial charge in [0.15, 0.2) is 5.84 Å². The standard InChI is InChI=1S/C18H25N7S2/c19-8-10-26-15-6-5-13(16(17(15)27-22)18(20)24-25-21)11-7-9-23-14-4-2-1-3-12(11)14/h5-7,9,25H,1-4,8,10,19,21-22H2,(H2,20,24). The van der Waals surface area contributed by atoms with E-state index in [2.05, 4.69) is 27.8 Å². The molecule has 0 aliphatic heterocycles. The van der Waals surface area contributed by atoms with Crippen LogP contribution in [0.25, 0.3) is 11.1 Å². The summed E-state index contributed by atoms with van der Waals surface area (Å²) in [5.41, 5.74) is 19.6. The predicted molar refractivity (Wildman–Crippen MR) is 114 cm³/mol. The van der Waals surface area contributed by atoms with Crippen LogP contribution in [0.4, 0.5) is 0 Å². The van der Waals surface area contributed by atoms with Gasteiger partial charge in [-0.1, -0.05) is 6.07 Å². The first-order valence-corrected chi connectivity index (χ1v) is 10.7. The Labute approximate surface area is 167 Å². The monoisotopic (exact) mass is 403 g/mol. The SMILES string of the molecule is NCCSc1ccc(-c2ccnc3c2CCCC3)c(/C(N)=N/NN)c1SN. The van der Waals surface area contributed by atoms with Crippen LogP contribution >= 0.6 is 23.7 Å². The van der Waals surface area contributed by atoms with Gasteiger partial charge in [-0.2, -0.15) is 0 Å². The van der Waals surface area contributed by atoms with Crippen LogP contribution in [0.3, 0.4) is 0 Å². The fraction of sp³-hybridized carbons (Fsp3) is 0.333. The fourth-order valence-corrected chi connectivity index (χ4v) is 5.02. The molecule has 3 rings (SSSR count). The smallest absolute Gasteiger partial charge is 0.153 e. The Kier molecular flexibility index (Phi) is 6.97. The van der Waals surface area contributed by atoms with Gasteiger partial charge in [0.05, 0.1) is 0 Å². The number of benzene rings is 1. The largest absolute Gasteiger partial charge is 0.382 e. The molecule has 0 amide bonds. The molecule has 2 aromatic rings. The maximum atomic E-state index is 6.28. The summed E-state index contributed by atoms with van der Waals surface area (Å²) in [6.45, 7) is 0.586. The summed E-state index contributed by atoms with van der Waals surface area (Å²) in [7, 11) is 0. The third-order valence-electron chi connectivity index (χ3n) is 4.58. The molecule has 0 radical (unpaired) electrons. The van der Waals surface area contributed by atoms with Gasteiger partial charge in [-0.25, -0.2) is 11.4 Å². The van der Waals surface area contributed by atoms with Gasteiger partial charge >= 0.3 is 0 Å². The average molecular weight is 404 g/mol. The van der Waals surface area contributed by atoms with Crippen molar-refractivity contribution in [2.24, 2.45) is 27.6 Å². The molecule has 0 unspecified atom stereocenters. The molecule has 27 heavy (non-hydrogen) atoms. The van der Waals surface area contributed by atoms with Gasteiger partial charge in [0.1, 0.15) is 0 Å². The quantitative estimate of drug-likeness (QED) is 0.117. The van der Waals surface area contributed by atoms with E-state index in [0.717, 1.165) is 51.5 Å². The molecule has 0 fully saturated rings. The van der Waals surface area contributed by atoms with Crippen molar-refractivity contribution in [1.82, 2.24) is 10.5 Å². The van der Waals surface area contributed by atoms with Crippen LogP contribution in [0.15, 0.2) is 39.3 Å². The molecule has 1 aliphatic rings. The van der Waals surface area contributed by atoms with Gasteiger partial charge in [0.2, 0.25) is 0 Å². The van der Waals surface area contributed by atoms with Gasteiger partial charge in [-0.05, 0) is 66.5 Å². The number of hydrogen-bond donors (Lipinski definition) is 5. The molecule has 7 nitrogen and oxygen atoms in total. The van der Waals surface area contributed by atoms with Gasteiger partial charge in [-0.15, -0.1) is 16.9 Å². The molecule has 1 heterocycles. The number of nitrogens with two attached hydrogens (primary N) is 4. The highest BCUT2D eigenvalue weighted by molar-refractivity contribution is 8.01. The number of rotatable bonds is 7. The summed E-state index contributed by atoms with van der Waals surface area (Å²) in [5.74, 6) is 6.49. The maximum Gasteiger partial charge on any atom is 0.153 e. The van der Waals surface area contributed by atoms with E-state index in [0.29, 0.717) is 12.4 Å². The molecule has 0 bridgehead atoms. The van der Waals surface area contributed by atoms with Crippen molar-refractivity contribution in [3.8, 4) is 11.1 Å². The first-order valence-electron chi connectivity index (χ1n) is 8.84. The van der Waals surface area contributed by atoms with Crippen LogP contribution in [0.2, 0.25) is 0 Å². The summed E-state index contributed by atoms with van der Waals surface area (Å²) >= 11 is 2.82. The molecule has 0 saturated carbocycles. The molecule has 0 spiro atoms. The molecule has 9 N–H and O–H groups in total. The Morgan fingerprint density at radius 3 is 2.74 bits per heavy atom. The topological polar surface area (TPSA) is 141 Å². The third kappa shape index (κ3) is 4.22. The number of aromatic nitrogens is 1. The van der Waals surface area contributed by atoms with E-state index >= 15 is 0 Å². The van der Waals surface area contributed by atoms with Crippen LogP contribution in [0.5, 0.6) is 0 Å². The van der Waals surface area contributed by atoms with Crippen LogP contribution in [-0.2, 0) is 12.8 Å². The van der Waals surface area contributed by atoms with E-state index in [4.69, 9.17) is 22.4 Å². The Morgan fingerprint density at radius 1 is 1.19 bits per heavy atom. The summed E-state index contributed by atoms with van der Waals surface area (Å²) < 4.78 is 0. The van der Waals surface area contributed by atoms with Crippen molar-refractivity contribution in [3.05, 3.63) is 41.2 Å². The van der Waals surface area contributed by atoms with Crippen molar-refractivity contribution in [1.29, 1.82) is 0 Å². The van der Waals surface area contributed by atoms with Crippen molar-refractivity contribution < 1.29 is 0 Å². The second-order valence-corrected chi connectivity index (χ2v) is 7.97. The van der Waals surface area contributed by atoms with Crippen molar-refractivity contribution in [2.75, 3.05) is 12.3 Å². The van der Waals surface area contributed by atoms with Gasteiger partial charge in [0, 0.05) is 39.5 Å². The first-order chi connectivity index (χ1) is 13.2. The fourth-order valence-electron chi connectivity index (χ4n) is 3.44. The average Bonchev–Trinajstić information content (AvgIpc) is 2.71. The van der Waals surface area contributed by atoms with Crippen molar-refractivity contribution in [3.63, 3.8) is 0 Å². The number of hydrazone groups is 1. The lowest BCUT2D eigenvalue weighted by atomic mass is 9.87. The maximum absolute atomic E-state index is 6.28. The van der Waals surface area contributed by atoms with E-state index in [1.165, 1.54) is 29.6 Å². The normalized spacial score (nSPS) is 14.1. The zero-order chi connectivity index (χ0) is 19.2. The second kappa shape index (κ2) is 9.43. The first kappa shape index (κ1) is 20.0. The number of aryl methyl sites for hydroxylation is 1. The molecular formula is C18H25N7S2. The zero-order valence-corrected chi connectivity index (χ0v) is 16.7. The number of thioether (sulfide) groups is 1. The number of pyridine rings is 1. The van der Waals surface area contributed by atoms with E-state index < -0.39 is 0 Å². The van der Waals surface area contributed by atoms with Crippen molar-refractivity contribution in [2.45, 2.75) is 35.5 Å². The second-order valence-electron chi connectivity index (χ2n) is 6.19. The predicted octanol–water partition coefficient (Wildman–Crippen LogP) is 1.73. The molecule has 1 aromatic carbocycles. The number of fused-ring (bicyclic) bond motifs is 1. The van der Waals surface area contributed by atoms with Gasteiger partial charge < -0.3 is 11.5 Å². The Balaban J connectivity index is 2.22. The highest BCUT2D eigenvalue weighted by Gasteiger charge is 2.22. The zero-order valence-electron chi connectivity index (χ0n) is 15.1. The van der Waals surface area contributed by atoms with Crippen LogP contribution < -0.4 is 28.0 Å². The summed E-state index contributed by atoms with van der Waals surface area (Å²) in [6.07, 6.45) is 6.23. The number of amidine groups is 1. The molecule has 1 aromatic heterocycles. The van der Waals surface area contributed by atoms with E-state index in [1.807, 2.05) is 12.3 Å². The minimum Gasteiger partial charge on any atom is -0.382 e.